The first-order chi connectivity index (χ1) is 15.2. The number of hydrazine groups is 1. The molecule has 1 aliphatic rings. The fraction of sp³-hybridized carbons (Fsp3) is 0.182. The Hall–Kier alpha value is -2.07. The van der Waals surface area contributed by atoms with Crippen LogP contribution < -0.4 is 0 Å². The van der Waals surface area contributed by atoms with E-state index in [1.807, 2.05) is 0 Å². The van der Waals surface area contributed by atoms with Gasteiger partial charge in [-0.3, -0.25) is 4.84 Å². The predicted octanol–water partition coefficient (Wildman–Crippen LogP) is 5.58. The monoisotopic (exact) mass is 498 g/mol. The Balaban J connectivity index is 1.92. The van der Waals surface area contributed by atoms with Crippen molar-refractivity contribution in [1.29, 1.82) is 0 Å². The van der Waals surface area contributed by atoms with Crippen molar-refractivity contribution in [3.63, 3.8) is 0 Å². The summed E-state index contributed by atoms with van der Waals surface area (Å²) < 4.78 is 57.9. The zero-order chi connectivity index (χ0) is 23.0. The summed E-state index contributed by atoms with van der Waals surface area (Å²) in [7, 11) is -2.90. The van der Waals surface area contributed by atoms with Gasteiger partial charge < -0.3 is 0 Å². The molecule has 3 aromatic rings. The molecule has 4 rings (SSSR count). The molecule has 1 aliphatic heterocycles. The van der Waals surface area contributed by atoms with Crippen LogP contribution in [-0.2, 0) is 14.9 Å². The number of benzene rings is 3. The highest BCUT2D eigenvalue weighted by Gasteiger charge is 2.50. The van der Waals surface area contributed by atoms with Crippen LogP contribution in [0.15, 0.2) is 71.6 Å². The van der Waals surface area contributed by atoms with Crippen LogP contribution in [0.25, 0.3) is 0 Å². The van der Waals surface area contributed by atoms with Crippen LogP contribution in [0.2, 0.25) is 10.0 Å². The number of nitrogens with zero attached hydrogens (tertiary/aromatic N) is 2. The second kappa shape index (κ2) is 9.05. The van der Waals surface area contributed by atoms with E-state index in [-0.39, 0.29) is 17.0 Å². The molecule has 32 heavy (non-hydrogen) atoms. The maximum Gasteiger partial charge on any atom is 0.258 e. The maximum atomic E-state index is 14.8. The Labute approximate surface area is 194 Å². The summed E-state index contributed by atoms with van der Waals surface area (Å²) in [6.45, 7) is -0.103. The first-order valence-electron chi connectivity index (χ1n) is 9.55. The molecular formula is C22H18Cl2F2N2O3S. The fourth-order valence-electron chi connectivity index (χ4n) is 3.91. The molecule has 10 heteroatoms. The molecule has 0 amide bonds. The van der Waals surface area contributed by atoms with E-state index in [2.05, 4.69) is 0 Å². The lowest BCUT2D eigenvalue weighted by atomic mass is 9.88. The topological polar surface area (TPSA) is 49.9 Å². The summed E-state index contributed by atoms with van der Waals surface area (Å²) in [6, 6.07) is 14.6. The summed E-state index contributed by atoms with van der Waals surface area (Å²) in [5, 5.41) is 1.91. The zero-order valence-electron chi connectivity index (χ0n) is 16.8. The largest absolute Gasteiger partial charge is 0.286 e. The normalized spacial score (nSPS) is 20.0. The number of hydrogen-bond donors (Lipinski definition) is 0. The van der Waals surface area contributed by atoms with E-state index in [4.69, 9.17) is 28.0 Å². The molecule has 0 aromatic heterocycles. The van der Waals surface area contributed by atoms with Gasteiger partial charge in [0.15, 0.2) is 0 Å². The lowest BCUT2D eigenvalue weighted by Gasteiger charge is -2.30. The number of hydrogen-bond acceptors (Lipinski definition) is 4. The molecule has 1 heterocycles. The zero-order valence-corrected chi connectivity index (χ0v) is 19.1. The molecule has 2 unspecified atom stereocenters. The van der Waals surface area contributed by atoms with E-state index in [0.717, 1.165) is 21.7 Å². The van der Waals surface area contributed by atoms with Crippen LogP contribution in [0, 0.1) is 11.6 Å². The number of hydroxylamine groups is 1. The van der Waals surface area contributed by atoms with Crippen LogP contribution in [0.4, 0.5) is 8.78 Å². The second-order valence-corrected chi connectivity index (χ2v) is 9.86. The minimum absolute atomic E-state index is 0.0439. The first-order valence-corrected chi connectivity index (χ1v) is 11.7. The van der Waals surface area contributed by atoms with Gasteiger partial charge in [-0.1, -0.05) is 45.8 Å². The van der Waals surface area contributed by atoms with Crippen molar-refractivity contribution in [2.75, 3.05) is 13.7 Å². The first kappa shape index (κ1) is 23.1. The fourth-order valence-corrected chi connectivity index (χ4v) is 5.80. The predicted molar refractivity (Wildman–Crippen MR) is 117 cm³/mol. The molecule has 0 saturated carbocycles. The SMILES string of the molecule is CON1CC(c2c(F)cccc2F)C(c2ccc(Cl)cc2)N1S(=O)(=O)c1ccc(Cl)cc1. The van der Waals surface area contributed by atoms with Gasteiger partial charge in [-0.25, -0.2) is 17.2 Å². The third-order valence-corrected chi connectivity index (χ3v) is 7.62. The Morgan fingerprint density at radius 3 is 1.97 bits per heavy atom. The lowest BCUT2D eigenvalue weighted by molar-refractivity contribution is -0.212. The summed E-state index contributed by atoms with van der Waals surface area (Å²) in [5.41, 5.74) is 0.280. The van der Waals surface area contributed by atoms with Gasteiger partial charge in [0, 0.05) is 21.5 Å². The van der Waals surface area contributed by atoms with E-state index in [0.29, 0.717) is 15.6 Å². The van der Waals surface area contributed by atoms with Crippen LogP contribution in [0.5, 0.6) is 0 Å². The smallest absolute Gasteiger partial charge is 0.258 e. The maximum absolute atomic E-state index is 14.8. The third-order valence-electron chi connectivity index (χ3n) is 5.34. The standard InChI is InChI=1S/C22H18Cl2F2N2O3S/c1-31-27-13-18(21-19(25)3-2-4-20(21)26)22(14-5-7-15(23)8-6-14)28(27)32(29,30)17-11-9-16(24)10-12-17/h2-12,18,22H,13H2,1H3. The third kappa shape index (κ3) is 4.14. The van der Waals surface area contributed by atoms with Crippen molar-refractivity contribution in [1.82, 2.24) is 9.59 Å². The summed E-state index contributed by atoms with van der Waals surface area (Å²) in [6.07, 6.45) is 0. The van der Waals surface area contributed by atoms with Crippen LogP contribution in [0.1, 0.15) is 23.1 Å². The van der Waals surface area contributed by atoms with E-state index in [9.17, 15) is 17.2 Å². The summed E-state index contributed by atoms with van der Waals surface area (Å²) in [4.78, 5) is 5.30. The van der Waals surface area contributed by atoms with Crippen LogP contribution >= 0.6 is 23.2 Å². The quantitative estimate of drug-likeness (QED) is 0.460. The molecule has 0 radical (unpaired) electrons. The van der Waals surface area contributed by atoms with Crippen molar-refractivity contribution in [3.05, 3.63) is 99.5 Å². The average molecular weight is 499 g/mol. The van der Waals surface area contributed by atoms with Gasteiger partial charge in [-0.2, -0.15) is 0 Å². The van der Waals surface area contributed by atoms with Gasteiger partial charge in [0.05, 0.1) is 24.6 Å². The molecule has 0 spiro atoms. The molecule has 3 aromatic carbocycles. The number of halogens is 4. The lowest BCUT2D eigenvalue weighted by Crippen LogP contribution is -2.41. The minimum Gasteiger partial charge on any atom is -0.286 e. The van der Waals surface area contributed by atoms with Gasteiger partial charge in [0.2, 0.25) is 0 Å². The van der Waals surface area contributed by atoms with E-state index < -0.39 is 33.6 Å². The van der Waals surface area contributed by atoms with E-state index >= 15 is 0 Å². The van der Waals surface area contributed by atoms with Crippen molar-refractivity contribution >= 4 is 33.2 Å². The van der Waals surface area contributed by atoms with Crippen molar-refractivity contribution < 1.29 is 22.0 Å². The van der Waals surface area contributed by atoms with Crippen molar-refractivity contribution in [3.8, 4) is 0 Å². The average Bonchev–Trinajstić information content (AvgIpc) is 3.14. The van der Waals surface area contributed by atoms with Gasteiger partial charge >= 0.3 is 0 Å². The number of rotatable bonds is 5. The Morgan fingerprint density at radius 1 is 0.906 bits per heavy atom. The molecule has 0 aliphatic carbocycles. The minimum atomic E-state index is -4.19. The van der Waals surface area contributed by atoms with Gasteiger partial charge in [-0.15, -0.1) is 5.17 Å². The molecule has 5 nitrogen and oxygen atoms in total. The Kier molecular flexibility index (Phi) is 6.53. The highest BCUT2D eigenvalue weighted by molar-refractivity contribution is 7.89. The van der Waals surface area contributed by atoms with E-state index in [1.54, 1.807) is 24.3 Å². The molecule has 0 bridgehead atoms. The molecule has 1 fully saturated rings. The summed E-state index contributed by atoms with van der Waals surface area (Å²) >= 11 is 11.9. The molecular weight excluding hydrogens is 481 g/mol. The summed E-state index contributed by atoms with van der Waals surface area (Å²) in [5.74, 6) is -2.44. The van der Waals surface area contributed by atoms with Crippen LogP contribution in [0.3, 0.4) is 0 Å². The van der Waals surface area contributed by atoms with Crippen molar-refractivity contribution in [2.24, 2.45) is 0 Å². The number of sulfonamides is 1. The van der Waals surface area contributed by atoms with Crippen molar-refractivity contribution in [2.45, 2.75) is 16.9 Å². The van der Waals surface area contributed by atoms with Crippen LogP contribution in [-0.4, -0.2) is 31.7 Å². The molecule has 2 atom stereocenters. The van der Waals surface area contributed by atoms with Gasteiger partial charge in [0.25, 0.3) is 10.0 Å². The Morgan fingerprint density at radius 2 is 1.44 bits per heavy atom. The molecule has 1 saturated heterocycles. The van der Waals surface area contributed by atoms with Gasteiger partial charge in [-0.05, 0) is 54.1 Å². The van der Waals surface area contributed by atoms with E-state index in [1.165, 1.54) is 37.4 Å². The highest BCUT2D eigenvalue weighted by Crippen LogP contribution is 2.47. The molecule has 168 valence electrons. The Bertz CT molecular complexity index is 1200. The highest BCUT2D eigenvalue weighted by atomic mass is 35.5. The molecule has 0 N–H and O–H groups in total. The second-order valence-electron chi connectivity index (χ2n) is 7.19. The van der Waals surface area contributed by atoms with Gasteiger partial charge in [0.1, 0.15) is 11.6 Å².